The zero-order valence-electron chi connectivity index (χ0n) is 11.0. The Morgan fingerprint density at radius 1 is 1.39 bits per heavy atom. The van der Waals surface area contributed by atoms with E-state index < -0.39 is 12.1 Å². The number of aliphatic carboxylic acids is 1. The van der Waals surface area contributed by atoms with E-state index in [1.165, 1.54) is 0 Å². The van der Waals surface area contributed by atoms with E-state index in [2.05, 4.69) is 12.2 Å². The van der Waals surface area contributed by atoms with Crippen molar-refractivity contribution in [2.24, 2.45) is 0 Å². The van der Waals surface area contributed by atoms with Crippen molar-refractivity contribution in [2.45, 2.75) is 39.3 Å². The number of carbonyl (C=O) groups is 1. The van der Waals surface area contributed by atoms with Gasteiger partial charge in [-0.1, -0.05) is 32.0 Å². The van der Waals surface area contributed by atoms with Crippen LogP contribution in [0.4, 0.5) is 0 Å². The number of rotatable bonds is 8. The lowest BCUT2D eigenvalue weighted by Crippen LogP contribution is -2.26. The van der Waals surface area contributed by atoms with Crippen LogP contribution < -0.4 is 10.1 Å². The quantitative estimate of drug-likeness (QED) is 0.697. The molecule has 0 aliphatic carbocycles. The van der Waals surface area contributed by atoms with Crippen molar-refractivity contribution in [1.29, 1.82) is 0 Å². The minimum atomic E-state index is -0.922. The van der Waals surface area contributed by atoms with E-state index >= 15 is 0 Å². The highest BCUT2D eigenvalue weighted by atomic mass is 16.5. The second-order valence-electron chi connectivity index (χ2n) is 4.14. The van der Waals surface area contributed by atoms with E-state index in [-0.39, 0.29) is 0 Å². The molecule has 1 aromatic rings. The standard InChI is InChI=1S/C14H21NO3/c1-3-9-15-10-11-7-5-6-8-13(11)18-12(4-2)14(16)17/h5-8,12,15H,3-4,9-10H2,1-2H3,(H,16,17). The molecule has 4 heteroatoms. The summed E-state index contributed by atoms with van der Waals surface area (Å²) >= 11 is 0. The summed E-state index contributed by atoms with van der Waals surface area (Å²) in [6, 6.07) is 7.55. The van der Waals surface area contributed by atoms with E-state index in [9.17, 15) is 4.79 Å². The predicted molar refractivity (Wildman–Crippen MR) is 70.8 cm³/mol. The topological polar surface area (TPSA) is 58.6 Å². The number of hydrogen-bond donors (Lipinski definition) is 2. The van der Waals surface area contributed by atoms with Gasteiger partial charge in [0.15, 0.2) is 6.10 Å². The Labute approximate surface area is 108 Å². The Hall–Kier alpha value is -1.55. The van der Waals surface area contributed by atoms with Crippen LogP contribution in [0, 0.1) is 0 Å². The van der Waals surface area contributed by atoms with Crippen LogP contribution in [-0.2, 0) is 11.3 Å². The molecule has 1 rings (SSSR count). The van der Waals surface area contributed by atoms with Gasteiger partial charge in [-0.05, 0) is 25.5 Å². The molecule has 0 fully saturated rings. The lowest BCUT2D eigenvalue weighted by molar-refractivity contribution is -0.145. The number of hydrogen-bond acceptors (Lipinski definition) is 3. The molecule has 1 atom stereocenters. The van der Waals surface area contributed by atoms with Crippen molar-refractivity contribution in [3.8, 4) is 5.75 Å². The molecule has 0 amide bonds. The molecular weight excluding hydrogens is 230 g/mol. The van der Waals surface area contributed by atoms with Gasteiger partial charge in [-0.25, -0.2) is 4.79 Å². The molecule has 0 aliphatic rings. The van der Waals surface area contributed by atoms with E-state index in [0.717, 1.165) is 18.5 Å². The number of ether oxygens (including phenoxy) is 1. The van der Waals surface area contributed by atoms with Gasteiger partial charge < -0.3 is 15.2 Å². The average Bonchev–Trinajstić information content (AvgIpc) is 2.37. The number of benzene rings is 1. The van der Waals surface area contributed by atoms with Crippen LogP contribution in [0.15, 0.2) is 24.3 Å². The summed E-state index contributed by atoms with van der Waals surface area (Å²) in [6.07, 6.45) is 0.735. The fraction of sp³-hybridized carbons (Fsp3) is 0.500. The average molecular weight is 251 g/mol. The number of carboxylic acids is 1. The van der Waals surface area contributed by atoms with E-state index in [0.29, 0.717) is 18.7 Å². The van der Waals surface area contributed by atoms with Crippen LogP contribution in [0.2, 0.25) is 0 Å². The molecule has 0 spiro atoms. The van der Waals surface area contributed by atoms with Crippen LogP contribution in [0.1, 0.15) is 32.3 Å². The third-order valence-electron chi connectivity index (χ3n) is 2.63. The van der Waals surface area contributed by atoms with E-state index in [1.54, 1.807) is 6.92 Å². The summed E-state index contributed by atoms with van der Waals surface area (Å²) in [5.74, 6) is -0.274. The number of carboxylic acid groups (broad SMARTS) is 1. The first kappa shape index (κ1) is 14.5. The van der Waals surface area contributed by atoms with Gasteiger partial charge in [-0.2, -0.15) is 0 Å². The normalized spacial score (nSPS) is 12.1. The SMILES string of the molecule is CCCNCc1ccccc1OC(CC)C(=O)O. The Morgan fingerprint density at radius 3 is 2.72 bits per heavy atom. The molecule has 0 saturated carbocycles. The molecule has 1 unspecified atom stereocenters. The number of para-hydroxylation sites is 1. The summed E-state index contributed by atoms with van der Waals surface area (Å²) in [5, 5.41) is 12.3. The second-order valence-corrected chi connectivity index (χ2v) is 4.14. The second kappa shape index (κ2) is 7.71. The first-order valence-electron chi connectivity index (χ1n) is 6.37. The maximum atomic E-state index is 11.0. The molecule has 0 aromatic heterocycles. The number of nitrogens with one attached hydrogen (secondary N) is 1. The van der Waals surface area contributed by atoms with Gasteiger partial charge in [-0.15, -0.1) is 0 Å². The van der Waals surface area contributed by atoms with Gasteiger partial charge >= 0.3 is 5.97 Å². The zero-order valence-corrected chi connectivity index (χ0v) is 11.0. The molecule has 4 nitrogen and oxygen atoms in total. The van der Waals surface area contributed by atoms with Crippen LogP contribution in [-0.4, -0.2) is 23.7 Å². The fourth-order valence-electron chi connectivity index (χ4n) is 1.63. The summed E-state index contributed by atoms with van der Waals surface area (Å²) in [7, 11) is 0. The molecule has 0 radical (unpaired) electrons. The molecule has 1 aromatic carbocycles. The molecule has 18 heavy (non-hydrogen) atoms. The van der Waals surface area contributed by atoms with Gasteiger partial charge in [-0.3, -0.25) is 0 Å². The highest BCUT2D eigenvalue weighted by Gasteiger charge is 2.17. The Bertz CT molecular complexity index is 379. The van der Waals surface area contributed by atoms with E-state index in [1.807, 2.05) is 24.3 Å². The molecule has 100 valence electrons. The maximum Gasteiger partial charge on any atom is 0.344 e. The van der Waals surface area contributed by atoms with Crippen molar-refractivity contribution in [1.82, 2.24) is 5.32 Å². The maximum absolute atomic E-state index is 11.0. The fourth-order valence-corrected chi connectivity index (χ4v) is 1.63. The van der Waals surface area contributed by atoms with Crippen LogP contribution in [0.3, 0.4) is 0 Å². The first-order valence-corrected chi connectivity index (χ1v) is 6.37. The molecule has 2 N–H and O–H groups in total. The summed E-state index contributed by atoms with van der Waals surface area (Å²) in [4.78, 5) is 11.0. The van der Waals surface area contributed by atoms with Gasteiger partial charge in [0, 0.05) is 12.1 Å². The molecular formula is C14H21NO3. The summed E-state index contributed by atoms with van der Waals surface area (Å²) in [5.41, 5.74) is 0.991. The van der Waals surface area contributed by atoms with Crippen molar-refractivity contribution < 1.29 is 14.6 Å². The summed E-state index contributed by atoms with van der Waals surface area (Å²) < 4.78 is 5.55. The highest BCUT2D eigenvalue weighted by molar-refractivity contribution is 5.72. The molecule has 0 saturated heterocycles. The van der Waals surface area contributed by atoms with Crippen molar-refractivity contribution in [2.75, 3.05) is 6.54 Å². The highest BCUT2D eigenvalue weighted by Crippen LogP contribution is 2.20. The van der Waals surface area contributed by atoms with Crippen molar-refractivity contribution >= 4 is 5.97 Å². The van der Waals surface area contributed by atoms with Crippen molar-refractivity contribution in [3.05, 3.63) is 29.8 Å². The Balaban J connectivity index is 2.71. The molecule has 0 bridgehead atoms. The minimum absolute atomic E-state index is 0.450. The molecule has 0 heterocycles. The third kappa shape index (κ3) is 4.37. The van der Waals surface area contributed by atoms with Crippen LogP contribution in [0.5, 0.6) is 5.75 Å². The Morgan fingerprint density at radius 2 is 2.11 bits per heavy atom. The minimum Gasteiger partial charge on any atom is -0.479 e. The molecule has 0 aliphatic heterocycles. The largest absolute Gasteiger partial charge is 0.479 e. The van der Waals surface area contributed by atoms with Gasteiger partial charge in [0.25, 0.3) is 0 Å². The zero-order chi connectivity index (χ0) is 13.4. The monoisotopic (exact) mass is 251 g/mol. The lowest BCUT2D eigenvalue weighted by Gasteiger charge is -2.16. The van der Waals surface area contributed by atoms with Crippen LogP contribution in [0.25, 0.3) is 0 Å². The van der Waals surface area contributed by atoms with Crippen molar-refractivity contribution in [3.63, 3.8) is 0 Å². The van der Waals surface area contributed by atoms with Gasteiger partial charge in [0.2, 0.25) is 0 Å². The lowest BCUT2D eigenvalue weighted by atomic mass is 10.2. The first-order chi connectivity index (χ1) is 8.69. The van der Waals surface area contributed by atoms with Gasteiger partial charge in [0.1, 0.15) is 5.75 Å². The van der Waals surface area contributed by atoms with Gasteiger partial charge in [0.05, 0.1) is 0 Å². The smallest absolute Gasteiger partial charge is 0.344 e. The third-order valence-corrected chi connectivity index (χ3v) is 2.63. The Kier molecular flexibility index (Phi) is 6.22. The van der Waals surface area contributed by atoms with E-state index in [4.69, 9.17) is 9.84 Å². The summed E-state index contributed by atoms with van der Waals surface area (Å²) in [6.45, 7) is 5.54. The van der Waals surface area contributed by atoms with Crippen LogP contribution >= 0.6 is 0 Å². The predicted octanol–water partition coefficient (Wildman–Crippen LogP) is 2.43.